The molecule has 3 rings (SSSR count). The predicted molar refractivity (Wildman–Crippen MR) is 94.0 cm³/mol. The van der Waals surface area contributed by atoms with E-state index in [0.29, 0.717) is 6.42 Å². The number of hydrogen-bond acceptors (Lipinski definition) is 3. The average molecular weight is 408 g/mol. The SMILES string of the molecule is CCC(=O)c1ccccc1Sc1ccc2c(I)[nH]nc2c1. The van der Waals surface area contributed by atoms with Crippen molar-refractivity contribution in [3.05, 3.63) is 51.7 Å². The Hall–Kier alpha value is -1.34. The van der Waals surface area contributed by atoms with Gasteiger partial charge in [-0.3, -0.25) is 9.89 Å². The van der Waals surface area contributed by atoms with Gasteiger partial charge in [0.2, 0.25) is 0 Å². The van der Waals surface area contributed by atoms with Crippen molar-refractivity contribution in [1.29, 1.82) is 0 Å². The van der Waals surface area contributed by atoms with Gasteiger partial charge in [0.25, 0.3) is 0 Å². The van der Waals surface area contributed by atoms with Crippen LogP contribution in [0, 0.1) is 3.70 Å². The van der Waals surface area contributed by atoms with E-state index < -0.39 is 0 Å². The van der Waals surface area contributed by atoms with E-state index >= 15 is 0 Å². The number of fused-ring (bicyclic) bond motifs is 1. The molecular weight excluding hydrogens is 395 g/mol. The monoisotopic (exact) mass is 408 g/mol. The van der Waals surface area contributed by atoms with Crippen LogP contribution in [0.1, 0.15) is 23.7 Å². The molecule has 0 radical (unpaired) electrons. The van der Waals surface area contributed by atoms with Crippen molar-refractivity contribution in [3.8, 4) is 0 Å². The molecule has 1 heterocycles. The lowest BCUT2D eigenvalue weighted by Crippen LogP contribution is -1.98. The first-order valence-electron chi connectivity index (χ1n) is 6.62. The van der Waals surface area contributed by atoms with Gasteiger partial charge in [-0.15, -0.1) is 0 Å². The van der Waals surface area contributed by atoms with Gasteiger partial charge < -0.3 is 0 Å². The Morgan fingerprint density at radius 2 is 2.10 bits per heavy atom. The van der Waals surface area contributed by atoms with E-state index in [4.69, 9.17) is 0 Å². The van der Waals surface area contributed by atoms with Gasteiger partial charge in [0.1, 0.15) is 3.70 Å². The number of Topliss-reactive ketones (excluding diaryl/α,β-unsaturated/α-hetero) is 1. The van der Waals surface area contributed by atoms with E-state index in [-0.39, 0.29) is 5.78 Å². The smallest absolute Gasteiger partial charge is 0.163 e. The van der Waals surface area contributed by atoms with Crippen LogP contribution in [0.3, 0.4) is 0 Å². The summed E-state index contributed by atoms with van der Waals surface area (Å²) >= 11 is 3.84. The van der Waals surface area contributed by atoms with Crippen LogP contribution >= 0.6 is 34.4 Å². The normalized spacial score (nSPS) is 11.0. The molecule has 106 valence electrons. The van der Waals surface area contributed by atoms with Crippen LogP contribution in [0.25, 0.3) is 10.9 Å². The summed E-state index contributed by atoms with van der Waals surface area (Å²) in [5, 5.41) is 8.38. The quantitative estimate of drug-likeness (QED) is 0.493. The number of halogens is 1. The summed E-state index contributed by atoms with van der Waals surface area (Å²) in [6, 6.07) is 13.9. The third kappa shape index (κ3) is 2.98. The van der Waals surface area contributed by atoms with Crippen LogP contribution in [0.2, 0.25) is 0 Å². The summed E-state index contributed by atoms with van der Waals surface area (Å²) in [5.74, 6) is 0.175. The second-order valence-corrected chi connectivity index (χ2v) is 6.79. The first-order valence-corrected chi connectivity index (χ1v) is 8.52. The lowest BCUT2D eigenvalue weighted by atomic mass is 10.1. The zero-order valence-corrected chi connectivity index (χ0v) is 14.4. The van der Waals surface area contributed by atoms with Crippen molar-refractivity contribution < 1.29 is 4.79 Å². The minimum absolute atomic E-state index is 0.175. The Kier molecular flexibility index (Phi) is 4.30. The summed E-state index contributed by atoms with van der Waals surface area (Å²) in [6.45, 7) is 1.89. The van der Waals surface area contributed by atoms with Crippen LogP contribution in [-0.2, 0) is 0 Å². The Labute approximate surface area is 140 Å². The predicted octanol–water partition coefficient (Wildman–Crippen LogP) is 4.91. The Balaban J connectivity index is 1.97. The van der Waals surface area contributed by atoms with Crippen molar-refractivity contribution in [2.24, 2.45) is 0 Å². The molecule has 0 amide bonds. The Bertz CT molecular complexity index is 813. The van der Waals surface area contributed by atoms with Crippen LogP contribution in [0.4, 0.5) is 0 Å². The molecule has 0 fully saturated rings. The van der Waals surface area contributed by atoms with Crippen molar-refractivity contribution in [2.75, 3.05) is 0 Å². The van der Waals surface area contributed by atoms with Gasteiger partial charge in [-0.1, -0.05) is 36.9 Å². The summed E-state index contributed by atoms with van der Waals surface area (Å²) in [4.78, 5) is 14.1. The molecule has 1 aromatic heterocycles. The zero-order valence-electron chi connectivity index (χ0n) is 11.4. The van der Waals surface area contributed by atoms with Gasteiger partial charge in [0, 0.05) is 27.2 Å². The number of H-pyrrole nitrogens is 1. The van der Waals surface area contributed by atoms with E-state index in [1.807, 2.05) is 37.3 Å². The molecule has 5 heteroatoms. The third-order valence-corrected chi connectivity index (χ3v) is 5.10. The van der Waals surface area contributed by atoms with Gasteiger partial charge >= 0.3 is 0 Å². The number of benzene rings is 2. The first-order chi connectivity index (χ1) is 10.2. The molecule has 0 saturated heterocycles. The van der Waals surface area contributed by atoms with Gasteiger partial charge in [0.05, 0.1) is 5.52 Å². The minimum atomic E-state index is 0.175. The van der Waals surface area contributed by atoms with Gasteiger partial charge in [0.15, 0.2) is 5.78 Å². The Morgan fingerprint density at radius 1 is 1.29 bits per heavy atom. The molecule has 0 aliphatic rings. The number of rotatable bonds is 4. The standard InChI is InChI=1S/C16H13IN2OS/c1-2-14(20)12-5-3-4-6-15(12)21-10-7-8-11-13(9-10)18-19-16(11)17/h3-9H,2H2,1H3,(H,18,19). The number of nitrogens with one attached hydrogen (secondary N) is 1. The minimum Gasteiger partial charge on any atom is -0.294 e. The molecule has 0 spiro atoms. The molecule has 0 atom stereocenters. The summed E-state index contributed by atoms with van der Waals surface area (Å²) < 4.78 is 1.04. The molecule has 0 unspecified atom stereocenters. The van der Waals surface area contributed by atoms with E-state index in [0.717, 1.165) is 30.0 Å². The highest BCUT2D eigenvalue weighted by Gasteiger charge is 2.11. The Morgan fingerprint density at radius 3 is 2.90 bits per heavy atom. The number of aromatic nitrogens is 2. The number of aromatic amines is 1. The molecule has 1 N–H and O–H groups in total. The number of carbonyl (C=O) groups excluding carboxylic acids is 1. The van der Waals surface area contributed by atoms with Crippen LogP contribution in [0.5, 0.6) is 0 Å². The molecule has 3 aromatic rings. The topological polar surface area (TPSA) is 45.8 Å². The van der Waals surface area contributed by atoms with Crippen molar-refractivity contribution in [2.45, 2.75) is 23.1 Å². The molecular formula is C16H13IN2OS. The van der Waals surface area contributed by atoms with E-state index in [2.05, 4.69) is 44.9 Å². The summed E-state index contributed by atoms with van der Waals surface area (Å²) in [6.07, 6.45) is 0.522. The number of carbonyl (C=O) groups is 1. The second-order valence-electron chi connectivity index (χ2n) is 4.59. The second kappa shape index (κ2) is 6.19. The van der Waals surface area contributed by atoms with Crippen molar-refractivity contribution in [1.82, 2.24) is 10.2 Å². The highest BCUT2D eigenvalue weighted by molar-refractivity contribution is 14.1. The van der Waals surface area contributed by atoms with Gasteiger partial charge in [-0.05, 0) is 46.9 Å². The highest BCUT2D eigenvalue weighted by atomic mass is 127. The fourth-order valence-corrected chi connectivity index (χ4v) is 3.70. The largest absolute Gasteiger partial charge is 0.294 e. The van der Waals surface area contributed by atoms with E-state index in [1.165, 1.54) is 0 Å². The fraction of sp³-hybridized carbons (Fsp3) is 0.125. The van der Waals surface area contributed by atoms with Crippen LogP contribution < -0.4 is 0 Å². The number of nitrogens with zero attached hydrogens (tertiary/aromatic N) is 1. The molecule has 3 nitrogen and oxygen atoms in total. The average Bonchev–Trinajstić information content (AvgIpc) is 2.88. The van der Waals surface area contributed by atoms with Crippen molar-refractivity contribution in [3.63, 3.8) is 0 Å². The molecule has 0 aliphatic heterocycles. The van der Waals surface area contributed by atoms with Crippen LogP contribution in [0.15, 0.2) is 52.3 Å². The van der Waals surface area contributed by atoms with Crippen LogP contribution in [-0.4, -0.2) is 16.0 Å². The maximum Gasteiger partial charge on any atom is 0.163 e. The maximum atomic E-state index is 12.0. The number of hydrogen-bond donors (Lipinski definition) is 1. The molecule has 21 heavy (non-hydrogen) atoms. The molecule has 0 saturated carbocycles. The lowest BCUT2D eigenvalue weighted by Gasteiger charge is -2.07. The number of ketones is 1. The fourth-order valence-electron chi connectivity index (χ4n) is 2.13. The molecule has 0 aliphatic carbocycles. The van der Waals surface area contributed by atoms with Crippen molar-refractivity contribution >= 4 is 51.0 Å². The highest BCUT2D eigenvalue weighted by Crippen LogP contribution is 2.33. The van der Waals surface area contributed by atoms with E-state index in [9.17, 15) is 4.79 Å². The maximum absolute atomic E-state index is 12.0. The van der Waals surface area contributed by atoms with E-state index in [1.54, 1.807) is 11.8 Å². The zero-order chi connectivity index (χ0) is 14.8. The van der Waals surface area contributed by atoms with Gasteiger partial charge in [-0.2, -0.15) is 5.10 Å². The third-order valence-electron chi connectivity index (χ3n) is 3.22. The first kappa shape index (κ1) is 14.6. The van der Waals surface area contributed by atoms with Gasteiger partial charge in [-0.25, -0.2) is 0 Å². The summed E-state index contributed by atoms with van der Waals surface area (Å²) in [7, 11) is 0. The molecule has 0 bridgehead atoms. The summed E-state index contributed by atoms with van der Waals surface area (Å²) in [5.41, 5.74) is 1.74. The molecule has 2 aromatic carbocycles. The lowest BCUT2D eigenvalue weighted by molar-refractivity contribution is 0.0985.